The molecule has 1 heterocycles. The maximum Gasteiger partial charge on any atom is 0.265 e. The van der Waals surface area contributed by atoms with Crippen LogP contribution < -0.4 is 10.2 Å². The van der Waals surface area contributed by atoms with Gasteiger partial charge in [-0.15, -0.1) is 0 Å². The van der Waals surface area contributed by atoms with E-state index in [9.17, 15) is 9.59 Å². The van der Waals surface area contributed by atoms with Crippen molar-refractivity contribution in [3.8, 4) is 0 Å². The Morgan fingerprint density at radius 2 is 1.70 bits per heavy atom. The highest BCUT2D eigenvalue weighted by molar-refractivity contribution is 8.04. The number of benzene rings is 4. The molecular formula is C31H25ClN2O2S. The number of carbonyl (C=O) groups is 2. The molecule has 6 heteroatoms. The van der Waals surface area contributed by atoms with Gasteiger partial charge in [-0.05, 0) is 60.0 Å². The second-order valence-corrected chi connectivity index (χ2v) is 10.4. The first-order valence-electron chi connectivity index (χ1n) is 11.9. The number of hydrogen-bond acceptors (Lipinski definition) is 3. The van der Waals surface area contributed by atoms with Crippen molar-refractivity contribution in [2.45, 2.75) is 24.9 Å². The Morgan fingerprint density at radius 1 is 0.919 bits per heavy atom. The molecule has 4 aromatic rings. The first-order valence-corrected chi connectivity index (χ1v) is 13.1. The Kier molecular flexibility index (Phi) is 7.45. The number of anilines is 1. The van der Waals surface area contributed by atoms with Crippen LogP contribution in [-0.2, 0) is 17.9 Å². The summed E-state index contributed by atoms with van der Waals surface area (Å²) in [7, 11) is 0. The maximum absolute atomic E-state index is 13.7. The van der Waals surface area contributed by atoms with E-state index in [0.717, 1.165) is 32.8 Å². The average molecular weight is 525 g/mol. The molecule has 4 nitrogen and oxygen atoms in total. The molecule has 1 aliphatic heterocycles. The topological polar surface area (TPSA) is 49.4 Å². The highest BCUT2D eigenvalue weighted by Crippen LogP contribution is 2.43. The maximum atomic E-state index is 13.7. The summed E-state index contributed by atoms with van der Waals surface area (Å²) in [5.74, 6) is -0.280. The molecule has 0 fully saturated rings. The highest BCUT2D eigenvalue weighted by Gasteiger charge is 2.30. The van der Waals surface area contributed by atoms with Gasteiger partial charge in [0.05, 0.1) is 17.1 Å². The van der Waals surface area contributed by atoms with Gasteiger partial charge >= 0.3 is 0 Å². The molecule has 0 aromatic heterocycles. The van der Waals surface area contributed by atoms with Crippen molar-refractivity contribution in [2.75, 3.05) is 4.90 Å². The van der Waals surface area contributed by atoms with Crippen LogP contribution in [0.3, 0.4) is 0 Å². The number of aryl methyl sites for hydroxylation is 1. The van der Waals surface area contributed by atoms with E-state index in [1.807, 2.05) is 91.9 Å². The standard InChI is InChI=1S/C31H25ClN2O2S/c1-21-6-5-9-24(16-21)20-34-27-18-25(30(35)33-19-23-10-13-26(32)14-11-23)12-15-28(27)37-29(31(34)36)17-22-7-3-2-4-8-22/h2-18H,19-20H2,1H3,(H,33,35)/b29-17-. The van der Waals surface area contributed by atoms with E-state index < -0.39 is 0 Å². The number of amides is 2. The Balaban J connectivity index is 1.46. The second kappa shape index (κ2) is 11.1. The molecule has 0 saturated carbocycles. The van der Waals surface area contributed by atoms with Crippen molar-refractivity contribution >= 4 is 46.9 Å². The minimum absolute atomic E-state index is 0.0819. The molecular weight excluding hydrogens is 500 g/mol. The molecule has 0 bridgehead atoms. The van der Waals surface area contributed by atoms with Crippen molar-refractivity contribution in [1.82, 2.24) is 5.32 Å². The van der Waals surface area contributed by atoms with Crippen LogP contribution in [0.1, 0.15) is 32.6 Å². The third-order valence-electron chi connectivity index (χ3n) is 6.07. The number of thioether (sulfide) groups is 1. The van der Waals surface area contributed by atoms with Crippen LogP contribution in [0.2, 0.25) is 5.02 Å². The van der Waals surface area contributed by atoms with Gasteiger partial charge in [0.1, 0.15) is 0 Å². The van der Waals surface area contributed by atoms with Gasteiger partial charge in [0.15, 0.2) is 0 Å². The summed E-state index contributed by atoms with van der Waals surface area (Å²) in [6, 6.07) is 30.9. The van der Waals surface area contributed by atoms with Gasteiger partial charge in [-0.2, -0.15) is 0 Å². The number of carbonyl (C=O) groups excluding carboxylic acids is 2. The Bertz CT molecular complexity index is 1480. The zero-order chi connectivity index (χ0) is 25.8. The highest BCUT2D eigenvalue weighted by atomic mass is 35.5. The summed E-state index contributed by atoms with van der Waals surface area (Å²) >= 11 is 7.39. The van der Waals surface area contributed by atoms with E-state index in [0.29, 0.717) is 28.6 Å². The molecule has 5 rings (SSSR count). The van der Waals surface area contributed by atoms with Crippen molar-refractivity contribution < 1.29 is 9.59 Å². The van der Waals surface area contributed by atoms with Gasteiger partial charge in [0.2, 0.25) is 0 Å². The van der Waals surface area contributed by atoms with Crippen LogP contribution >= 0.6 is 23.4 Å². The minimum Gasteiger partial charge on any atom is -0.348 e. The molecule has 0 unspecified atom stereocenters. The Hall–Kier alpha value is -3.80. The zero-order valence-corrected chi connectivity index (χ0v) is 21.9. The largest absolute Gasteiger partial charge is 0.348 e. The smallest absolute Gasteiger partial charge is 0.265 e. The summed E-state index contributed by atoms with van der Waals surface area (Å²) in [6.45, 7) is 2.84. The van der Waals surface area contributed by atoms with Gasteiger partial charge in [-0.1, -0.05) is 95.7 Å². The van der Waals surface area contributed by atoms with E-state index in [1.165, 1.54) is 11.8 Å². The normalized spacial score (nSPS) is 13.9. The lowest BCUT2D eigenvalue weighted by Gasteiger charge is -2.31. The number of nitrogens with one attached hydrogen (secondary N) is 1. The van der Waals surface area contributed by atoms with Gasteiger partial charge in [-0.3, -0.25) is 9.59 Å². The van der Waals surface area contributed by atoms with Crippen molar-refractivity contribution in [2.24, 2.45) is 0 Å². The van der Waals surface area contributed by atoms with Gasteiger partial charge in [0, 0.05) is 22.0 Å². The van der Waals surface area contributed by atoms with Crippen LogP contribution in [0.4, 0.5) is 5.69 Å². The van der Waals surface area contributed by atoms with E-state index in [4.69, 9.17) is 11.6 Å². The summed E-state index contributed by atoms with van der Waals surface area (Å²) in [4.78, 5) is 30.1. The summed E-state index contributed by atoms with van der Waals surface area (Å²) < 4.78 is 0. The lowest BCUT2D eigenvalue weighted by Crippen LogP contribution is -2.34. The SMILES string of the molecule is Cc1cccc(CN2C(=O)/C(=C/c3ccccc3)Sc3ccc(C(=O)NCc4ccc(Cl)cc4)cc32)c1. The third-order valence-corrected chi connectivity index (χ3v) is 7.40. The van der Waals surface area contributed by atoms with E-state index in [2.05, 4.69) is 11.4 Å². The van der Waals surface area contributed by atoms with Crippen LogP contribution in [0.15, 0.2) is 107 Å². The summed E-state index contributed by atoms with van der Waals surface area (Å²) in [5.41, 5.74) is 5.33. The molecule has 1 aliphatic rings. The van der Waals surface area contributed by atoms with Gasteiger partial charge < -0.3 is 10.2 Å². The van der Waals surface area contributed by atoms with E-state index >= 15 is 0 Å². The minimum atomic E-state index is -0.198. The second-order valence-electron chi connectivity index (χ2n) is 8.89. The number of halogens is 1. The molecule has 0 saturated heterocycles. The molecule has 37 heavy (non-hydrogen) atoms. The third kappa shape index (κ3) is 5.96. The number of hydrogen-bond donors (Lipinski definition) is 1. The lowest BCUT2D eigenvalue weighted by molar-refractivity contribution is -0.114. The molecule has 4 aromatic carbocycles. The fourth-order valence-electron chi connectivity index (χ4n) is 4.19. The predicted octanol–water partition coefficient (Wildman–Crippen LogP) is 7.26. The fourth-order valence-corrected chi connectivity index (χ4v) is 5.35. The molecule has 2 amide bonds. The molecule has 0 aliphatic carbocycles. The predicted molar refractivity (Wildman–Crippen MR) is 152 cm³/mol. The fraction of sp³-hybridized carbons (Fsp3) is 0.0968. The van der Waals surface area contributed by atoms with Crippen molar-refractivity contribution in [3.05, 3.63) is 135 Å². The first kappa shape index (κ1) is 24.9. The van der Waals surface area contributed by atoms with Crippen molar-refractivity contribution in [3.63, 3.8) is 0 Å². The van der Waals surface area contributed by atoms with Crippen LogP contribution in [-0.4, -0.2) is 11.8 Å². The molecule has 0 radical (unpaired) electrons. The molecule has 0 atom stereocenters. The van der Waals surface area contributed by atoms with Crippen molar-refractivity contribution in [1.29, 1.82) is 0 Å². The average Bonchev–Trinajstić information content (AvgIpc) is 2.91. The summed E-state index contributed by atoms with van der Waals surface area (Å²) in [6.07, 6.45) is 1.92. The molecule has 1 N–H and O–H groups in total. The quantitative estimate of drug-likeness (QED) is 0.270. The lowest BCUT2D eigenvalue weighted by atomic mass is 10.1. The van der Waals surface area contributed by atoms with Gasteiger partial charge in [-0.25, -0.2) is 0 Å². The Labute approximate surface area is 226 Å². The van der Waals surface area contributed by atoms with E-state index in [-0.39, 0.29) is 11.8 Å². The number of fused-ring (bicyclic) bond motifs is 1. The van der Waals surface area contributed by atoms with Crippen LogP contribution in [0, 0.1) is 6.92 Å². The molecule has 0 spiro atoms. The molecule has 184 valence electrons. The zero-order valence-electron chi connectivity index (χ0n) is 20.3. The van der Waals surface area contributed by atoms with Crippen LogP contribution in [0.25, 0.3) is 6.08 Å². The Morgan fingerprint density at radius 3 is 2.46 bits per heavy atom. The summed E-state index contributed by atoms with van der Waals surface area (Å²) in [5, 5.41) is 3.62. The van der Waals surface area contributed by atoms with Gasteiger partial charge in [0.25, 0.3) is 11.8 Å². The van der Waals surface area contributed by atoms with E-state index in [1.54, 1.807) is 17.0 Å². The number of nitrogens with zero attached hydrogens (tertiary/aromatic N) is 1. The van der Waals surface area contributed by atoms with Crippen LogP contribution in [0.5, 0.6) is 0 Å². The monoisotopic (exact) mass is 524 g/mol. The number of rotatable bonds is 6. The first-order chi connectivity index (χ1) is 18.0.